The van der Waals surface area contributed by atoms with E-state index in [-0.39, 0.29) is 37.4 Å². The third kappa shape index (κ3) is 9.23. The molecule has 10 nitrogen and oxygen atoms in total. The minimum Gasteiger partial charge on any atom is -0.508 e. The lowest BCUT2D eigenvalue weighted by molar-refractivity contribution is -0.169. The van der Waals surface area contributed by atoms with Gasteiger partial charge in [0.2, 0.25) is 0 Å². The van der Waals surface area contributed by atoms with Crippen LogP contribution in [-0.4, -0.2) is 75.2 Å². The lowest BCUT2D eigenvalue weighted by atomic mass is 9.82. The average Bonchev–Trinajstić information content (AvgIpc) is 3.18. The number of hydrogen-bond acceptors (Lipinski definition) is 9. The van der Waals surface area contributed by atoms with Crippen molar-refractivity contribution in [3.8, 4) is 5.75 Å². The van der Waals surface area contributed by atoms with Crippen LogP contribution in [0.2, 0.25) is 0 Å². The first kappa shape index (κ1) is 30.4. The van der Waals surface area contributed by atoms with E-state index in [1.54, 1.807) is 53.7 Å². The Morgan fingerprint density at radius 2 is 1.59 bits per heavy atom. The SMILES string of the molecule is CC(C)(C)OC(=O)CC1(CC(=O)OC(C)(C)C)CC(c2cc(O)ccc2C2CCN(CCC(=O)O)CC2)=NO1. The van der Waals surface area contributed by atoms with Crippen LogP contribution < -0.4 is 0 Å². The summed E-state index contributed by atoms with van der Waals surface area (Å²) in [6.07, 6.45) is 1.55. The molecule has 1 aromatic rings. The standard InChI is InChI=1S/C29H42N2O8/c1-27(2,3)37-25(35)17-29(18-26(36)38-28(4,5)6)16-23(30-39-29)22-15-20(32)7-8-21(22)19-9-12-31(13-10-19)14-11-24(33)34/h7-8,15,19,32H,9-14,16-18H2,1-6H3,(H,33,34). The molecule has 216 valence electrons. The lowest BCUT2D eigenvalue weighted by Crippen LogP contribution is -2.39. The first-order valence-corrected chi connectivity index (χ1v) is 13.5. The number of carboxylic acid groups (broad SMARTS) is 1. The molecule has 0 aromatic heterocycles. The Bertz CT molecular complexity index is 1060. The Morgan fingerprint density at radius 3 is 2.10 bits per heavy atom. The maximum absolute atomic E-state index is 12.8. The van der Waals surface area contributed by atoms with Gasteiger partial charge in [0, 0.05) is 18.5 Å². The van der Waals surface area contributed by atoms with Crippen LogP contribution in [0.15, 0.2) is 23.4 Å². The number of carbonyl (C=O) groups is 3. The second-order valence-electron chi connectivity index (χ2n) is 12.5. The van der Waals surface area contributed by atoms with Crippen LogP contribution in [0, 0.1) is 0 Å². The highest BCUT2D eigenvalue weighted by Gasteiger charge is 2.46. The number of rotatable bonds is 9. The second-order valence-corrected chi connectivity index (χ2v) is 12.5. The Balaban J connectivity index is 1.81. The fourth-order valence-corrected chi connectivity index (χ4v) is 5.07. The molecule has 0 amide bonds. The number of oxime groups is 1. The molecule has 0 saturated carbocycles. The number of aromatic hydroxyl groups is 1. The van der Waals surface area contributed by atoms with Gasteiger partial charge < -0.3 is 29.4 Å². The zero-order valence-corrected chi connectivity index (χ0v) is 23.9. The van der Waals surface area contributed by atoms with E-state index in [2.05, 4.69) is 10.1 Å². The zero-order chi connectivity index (χ0) is 29.0. The van der Waals surface area contributed by atoms with E-state index < -0.39 is 34.7 Å². The first-order valence-electron chi connectivity index (χ1n) is 13.5. The average molecular weight is 547 g/mol. The highest BCUT2D eigenvalue weighted by atomic mass is 16.7. The van der Waals surface area contributed by atoms with E-state index in [9.17, 15) is 19.5 Å². The van der Waals surface area contributed by atoms with Crippen LogP contribution >= 0.6 is 0 Å². The molecule has 39 heavy (non-hydrogen) atoms. The van der Waals surface area contributed by atoms with Crippen molar-refractivity contribution in [2.45, 2.75) is 103 Å². The van der Waals surface area contributed by atoms with E-state index in [1.165, 1.54) is 0 Å². The van der Waals surface area contributed by atoms with Gasteiger partial charge in [-0.2, -0.15) is 0 Å². The van der Waals surface area contributed by atoms with E-state index >= 15 is 0 Å². The number of phenols is 1. The predicted molar refractivity (Wildman–Crippen MR) is 145 cm³/mol. The van der Waals surface area contributed by atoms with E-state index in [0.717, 1.165) is 31.5 Å². The number of benzene rings is 1. The van der Waals surface area contributed by atoms with Gasteiger partial charge >= 0.3 is 17.9 Å². The Labute approximate surface area is 230 Å². The monoisotopic (exact) mass is 546 g/mol. The summed E-state index contributed by atoms with van der Waals surface area (Å²) in [6.45, 7) is 12.7. The fourth-order valence-electron chi connectivity index (χ4n) is 5.07. The van der Waals surface area contributed by atoms with Crippen molar-refractivity contribution in [2.24, 2.45) is 5.16 Å². The highest BCUT2D eigenvalue weighted by Crippen LogP contribution is 2.39. The Kier molecular flexibility index (Phi) is 9.31. The summed E-state index contributed by atoms with van der Waals surface area (Å²) in [4.78, 5) is 44.6. The molecule has 10 heteroatoms. The smallest absolute Gasteiger partial charge is 0.310 e. The molecule has 3 rings (SSSR count). The molecular formula is C29H42N2O8. The molecule has 0 unspecified atom stereocenters. The van der Waals surface area contributed by atoms with Gasteiger partial charge in [-0.3, -0.25) is 14.4 Å². The molecule has 2 heterocycles. The Morgan fingerprint density at radius 1 is 1.03 bits per heavy atom. The van der Waals surface area contributed by atoms with Crippen LogP contribution in [0.5, 0.6) is 5.75 Å². The van der Waals surface area contributed by atoms with Gasteiger partial charge in [0.15, 0.2) is 5.60 Å². The summed E-state index contributed by atoms with van der Waals surface area (Å²) in [6, 6.07) is 5.17. The van der Waals surface area contributed by atoms with Crippen molar-refractivity contribution >= 4 is 23.6 Å². The summed E-state index contributed by atoms with van der Waals surface area (Å²) in [7, 11) is 0. The highest BCUT2D eigenvalue weighted by molar-refractivity contribution is 6.04. The van der Waals surface area contributed by atoms with Crippen LogP contribution in [0.1, 0.15) is 97.1 Å². The Hall–Kier alpha value is -3.14. The van der Waals surface area contributed by atoms with Gasteiger partial charge in [-0.15, -0.1) is 0 Å². The quantitative estimate of drug-likeness (QED) is 0.433. The number of phenolic OH excluding ortho intramolecular Hbond substituents is 1. The van der Waals surface area contributed by atoms with Crippen LogP contribution in [0.3, 0.4) is 0 Å². The number of aliphatic carboxylic acids is 1. The molecule has 1 aromatic carbocycles. The summed E-state index contributed by atoms with van der Waals surface area (Å²) in [5.74, 6) is -1.57. The largest absolute Gasteiger partial charge is 0.508 e. The number of hydrogen-bond donors (Lipinski definition) is 2. The molecule has 2 aliphatic heterocycles. The third-order valence-corrected chi connectivity index (χ3v) is 6.63. The number of nitrogens with zero attached hydrogens (tertiary/aromatic N) is 2. The zero-order valence-electron chi connectivity index (χ0n) is 23.9. The molecule has 0 radical (unpaired) electrons. The molecule has 0 spiro atoms. The van der Waals surface area contributed by atoms with Gasteiger partial charge in [-0.25, -0.2) is 0 Å². The summed E-state index contributed by atoms with van der Waals surface area (Å²) in [5, 5.41) is 23.6. The number of likely N-dealkylation sites (tertiary alicyclic amines) is 1. The summed E-state index contributed by atoms with van der Waals surface area (Å²) in [5.41, 5.74) is -0.425. The number of carbonyl (C=O) groups excluding carboxylic acids is 2. The molecule has 2 N–H and O–H groups in total. The topological polar surface area (TPSA) is 135 Å². The van der Waals surface area contributed by atoms with Gasteiger partial charge in [-0.1, -0.05) is 11.2 Å². The number of piperidine rings is 1. The summed E-state index contributed by atoms with van der Waals surface area (Å²) < 4.78 is 11.1. The van der Waals surface area contributed by atoms with Gasteiger partial charge in [0.25, 0.3) is 0 Å². The second kappa shape index (κ2) is 11.9. The van der Waals surface area contributed by atoms with Crippen molar-refractivity contribution in [1.29, 1.82) is 0 Å². The number of carboxylic acids is 1. The molecule has 1 fully saturated rings. The molecule has 2 aliphatic rings. The third-order valence-electron chi connectivity index (χ3n) is 6.63. The first-order chi connectivity index (χ1) is 18.0. The fraction of sp³-hybridized carbons (Fsp3) is 0.655. The molecule has 0 aliphatic carbocycles. The molecule has 1 saturated heterocycles. The van der Waals surface area contributed by atoms with Crippen molar-refractivity contribution in [3.63, 3.8) is 0 Å². The van der Waals surface area contributed by atoms with Crippen LogP contribution in [0.25, 0.3) is 0 Å². The minimum absolute atomic E-state index is 0.0760. The van der Waals surface area contributed by atoms with Crippen molar-refractivity contribution in [2.75, 3.05) is 19.6 Å². The lowest BCUT2D eigenvalue weighted by Gasteiger charge is -2.32. The molecule has 0 atom stereocenters. The van der Waals surface area contributed by atoms with E-state index in [4.69, 9.17) is 19.4 Å². The van der Waals surface area contributed by atoms with Gasteiger partial charge in [0.1, 0.15) is 17.0 Å². The van der Waals surface area contributed by atoms with Crippen molar-refractivity contribution < 1.29 is 38.9 Å². The van der Waals surface area contributed by atoms with Crippen molar-refractivity contribution in [1.82, 2.24) is 4.90 Å². The van der Waals surface area contributed by atoms with Crippen LogP contribution in [-0.2, 0) is 28.7 Å². The minimum atomic E-state index is -1.27. The van der Waals surface area contributed by atoms with Crippen molar-refractivity contribution in [3.05, 3.63) is 29.3 Å². The molecular weight excluding hydrogens is 504 g/mol. The normalized spacial score (nSPS) is 18.3. The predicted octanol–water partition coefficient (Wildman–Crippen LogP) is 4.37. The van der Waals surface area contributed by atoms with E-state index in [1.807, 2.05) is 6.07 Å². The number of ether oxygens (including phenoxy) is 2. The van der Waals surface area contributed by atoms with Gasteiger partial charge in [0.05, 0.1) is 25.0 Å². The van der Waals surface area contributed by atoms with E-state index in [0.29, 0.717) is 17.8 Å². The van der Waals surface area contributed by atoms with Crippen LogP contribution in [0.4, 0.5) is 0 Å². The summed E-state index contributed by atoms with van der Waals surface area (Å²) >= 11 is 0. The maximum Gasteiger partial charge on any atom is 0.310 e. The molecule has 0 bridgehead atoms. The number of esters is 2. The van der Waals surface area contributed by atoms with Gasteiger partial charge in [-0.05, 0) is 91.1 Å². The maximum atomic E-state index is 12.8.